The largest absolute Gasteiger partial charge is 0.450 e. The summed E-state index contributed by atoms with van der Waals surface area (Å²) in [5.74, 6) is 0.507. The molecule has 0 unspecified atom stereocenters. The van der Waals surface area contributed by atoms with E-state index < -0.39 is 0 Å². The topological polar surface area (TPSA) is 45.5 Å². The molecule has 1 aromatic heterocycles. The van der Waals surface area contributed by atoms with Crippen LogP contribution in [0.15, 0.2) is 16.5 Å². The normalized spacial score (nSPS) is 18.4. The van der Waals surface area contributed by atoms with Crippen molar-refractivity contribution in [1.82, 2.24) is 10.2 Å². The first-order chi connectivity index (χ1) is 10.0. The number of amides is 1. The van der Waals surface area contributed by atoms with Crippen LogP contribution in [0.25, 0.3) is 11.0 Å². The second kappa shape index (κ2) is 6.31. The minimum Gasteiger partial charge on any atom is -0.450 e. The van der Waals surface area contributed by atoms with E-state index in [0.29, 0.717) is 5.76 Å². The molecule has 4 nitrogen and oxygen atoms in total. The lowest BCUT2D eigenvalue weighted by Gasteiger charge is -2.33. The van der Waals surface area contributed by atoms with Crippen LogP contribution in [0.4, 0.5) is 0 Å². The summed E-state index contributed by atoms with van der Waals surface area (Å²) in [6, 6.07) is 4.32. The number of rotatable bonds is 1. The van der Waals surface area contributed by atoms with Gasteiger partial charge in [-0.1, -0.05) is 12.1 Å². The van der Waals surface area contributed by atoms with E-state index >= 15 is 0 Å². The highest BCUT2D eigenvalue weighted by Crippen LogP contribution is 2.31. The van der Waals surface area contributed by atoms with E-state index in [4.69, 9.17) is 4.42 Å². The molecule has 1 fully saturated rings. The fourth-order valence-electron chi connectivity index (χ4n) is 3.15. The second-order valence-corrected chi connectivity index (χ2v) is 6.01. The third-order valence-electron chi connectivity index (χ3n) is 4.44. The molecular weight excluding hydrogens is 300 g/mol. The van der Waals surface area contributed by atoms with Crippen molar-refractivity contribution >= 4 is 29.3 Å². The Morgan fingerprint density at radius 2 is 1.95 bits per heavy atom. The van der Waals surface area contributed by atoms with Gasteiger partial charge in [0.2, 0.25) is 0 Å². The number of nitrogens with one attached hydrogen (secondary N) is 1. The molecule has 0 aliphatic carbocycles. The van der Waals surface area contributed by atoms with Gasteiger partial charge in [0.15, 0.2) is 5.76 Å². The predicted octanol–water partition coefficient (Wildman–Crippen LogP) is 3.21. The highest BCUT2D eigenvalue weighted by atomic mass is 35.5. The summed E-state index contributed by atoms with van der Waals surface area (Å²) in [4.78, 5) is 14.7. The fraction of sp³-hybridized carbons (Fsp3) is 0.471. The van der Waals surface area contributed by atoms with Crippen molar-refractivity contribution in [3.63, 3.8) is 0 Å². The van der Waals surface area contributed by atoms with E-state index in [1.165, 1.54) is 0 Å². The van der Waals surface area contributed by atoms with Crippen LogP contribution in [0, 0.1) is 20.8 Å². The molecule has 0 spiro atoms. The van der Waals surface area contributed by atoms with E-state index in [0.717, 1.165) is 47.3 Å². The summed E-state index contributed by atoms with van der Waals surface area (Å²) in [7, 11) is 0. The van der Waals surface area contributed by atoms with Crippen LogP contribution in [-0.4, -0.2) is 36.5 Å². The van der Waals surface area contributed by atoms with E-state index in [2.05, 4.69) is 25.2 Å². The molecule has 2 aromatic rings. The van der Waals surface area contributed by atoms with Gasteiger partial charge in [-0.3, -0.25) is 4.79 Å². The van der Waals surface area contributed by atoms with Crippen LogP contribution in [0.5, 0.6) is 0 Å². The summed E-state index contributed by atoms with van der Waals surface area (Å²) < 4.78 is 5.96. The number of carbonyl (C=O) groups is 1. The number of benzene rings is 1. The third-order valence-corrected chi connectivity index (χ3v) is 4.44. The molecule has 5 heteroatoms. The van der Waals surface area contributed by atoms with Gasteiger partial charge in [0.25, 0.3) is 5.91 Å². The Labute approximate surface area is 137 Å². The van der Waals surface area contributed by atoms with Gasteiger partial charge in [-0.25, -0.2) is 0 Å². The molecule has 1 N–H and O–H groups in total. The van der Waals surface area contributed by atoms with Crippen molar-refractivity contribution in [3.8, 4) is 0 Å². The highest BCUT2D eigenvalue weighted by molar-refractivity contribution is 6.00. The average molecular weight is 323 g/mol. The fourth-order valence-corrected chi connectivity index (χ4v) is 3.15. The summed E-state index contributed by atoms with van der Waals surface area (Å²) in [5.41, 5.74) is 4.04. The van der Waals surface area contributed by atoms with Gasteiger partial charge in [-0.2, -0.15) is 0 Å². The van der Waals surface area contributed by atoms with E-state index in [1.807, 2.05) is 24.8 Å². The Bertz CT molecular complexity index is 708. The Balaban J connectivity index is 0.00000176. The zero-order valence-corrected chi connectivity index (χ0v) is 14.3. The maximum absolute atomic E-state index is 12.8. The molecule has 1 atom stereocenters. The Morgan fingerprint density at radius 3 is 2.59 bits per heavy atom. The molecule has 3 rings (SSSR count). The van der Waals surface area contributed by atoms with Crippen LogP contribution in [0.3, 0.4) is 0 Å². The minimum absolute atomic E-state index is 0. The van der Waals surface area contributed by atoms with Gasteiger partial charge in [0.05, 0.1) is 0 Å². The van der Waals surface area contributed by atoms with E-state index in [9.17, 15) is 4.79 Å². The van der Waals surface area contributed by atoms with Crippen molar-refractivity contribution in [2.75, 3.05) is 19.6 Å². The Hall–Kier alpha value is -1.52. The lowest BCUT2D eigenvalue weighted by Crippen LogP contribution is -2.52. The van der Waals surface area contributed by atoms with Gasteiger partial charge in [0, 0.05) is 36.6 Å². The molecule has 0 saturated carbocycles. The van der Waals surface area contributed by atoms with Gasteiger partial charge in [0.1, 0.15) is 5.58 Å². The second-order valence-electron chi connectivity index (χ2n) is 6.01. The monoisotopic (exact) mass is 322 g/mol. The summed E-state index contributed by atoms with van der Waals surface area (Å²) in [6.45, 7) is 10.5. The lowest BCUT2D eigenvalue weighted by atomic mass is 10.0. The number of carbonyl (C=O) groups excluding carboxylic acids is 1. The summed E-state index contributed by atoms with van der Waals surface area (Å²) >= 11 is 0. The maximum Gasteiger partial charge on any atom is 0.290 e. The average Bonchev–Trinajstić information content (AvgIpc) is 2.82. The number of aryl methyl sites for hydroxylation is 3. The Kier molecular flexibility index (Phi) is 4.83. The molecule has 1 aromatic carbocycles. The molecule has 120 valence electrons. The molecule has 22 heavy (non-hydrogen) atoms. The van der Waals surface area contributed by atoms with Crippen LogP contribution in [0.1, 0.15) is 34.2 Å². The number of nitrogens with zero attached hydrogens (tertiary/aromatic N) is 1. The minimum atomic E-state index is 0. The molecule has 1 saturated heterocycles. The zero-order valence-electron chi connectivity index (χ0n) is 13.5. The van der Waals surface area contributed by atoms with E-state index in [-0.39, 0.29) is 24.4 Å². The van der Waals surface area contributed by atoms with Crippen LogP contribution < -0.4 is 5.32 Å². The summed E-state index contributed by atoms with van der Waals surface area (Å²) in [6.07, 6.45) is 0. The van der Waals surface area contributed by atoms with Crippen molar-refractivity contribution in [2.45, 2.75) is 33.7 Å². The number of piperazine rings is 1. The smallest absolute Gasteiger partial charge is 0.290 e. The molecular formula is C17H23ClN2O2. The van der Waals surface area contributed by atoms with Gasteiger partial charge < -0.3 is 14.6 Å². The van der Waals surface area contributed by atoms with Crippen LogP contribution in [-0.2, 0) is 0 Å². The summed E-state index contributed by atoms with van der Waals surface area (Å²) in [5, 5.41) is 4.39. The number of hydrogen-bond donors (Lipinski definition) is 1. The third kappa shape index (κ3) is 2.61. The standard InChI is InChI=1S/C17H22N2O2.ClH/c1-10-5-6-11(2)15-14(10)13(4)16(21-15)17(20)19-8-7-18-9-12(19)3;/h5-6,12,18H,7-9H2,1-4H3;1H/t12-;/m0./s1. The van der Waals surface area contributed by atoms with Crippen LogP contribution >= 0.6 is 12.4 Å². The van der Waals surface area contributed by atoms with Gasteiger partial charge in [-0.15, -0.1) is 12.4 Å². The highest BCUT2D eigenvalue weighted by Gasteiger charge is 2.29. The zero-order chi connectivity index (χ0) is 15.1. The molecule has 0 radical (unpaired) electrons. The molecule has 0 bridgehead atoms. The molecule has 1 aliphatic heterocycles. The van der Waals surface area contributed by atoms with Crippen molar-refractivity contribution < 1.29 is 9.21 Å². The van der Waals surface area contributed by atoms with Crippen molar-refractivity contribution in [3.05, 3.63) is 34.6 Å². The first-order valence-corrected chi connectivity index (χ1v) is 7.51. The van der Waals surface area contributed by atoms with Crippen molar-refractivity contribution in [1.29, 1.82) is 0 Å². The molecule has 2 heterocycles. The van der Waals surface area contributed by atoms with E-state index in [1.54, 1.807) is 0 Å². The number of furan rings is 1. The quantitative estimate of drug-likeness (QED) is 0.877. The molecule has 1 amide bonds. The van der Waals surface area contributed by atoms with Gasteiger partial charge in [-0.05, 0) is 38.8 Å². The molecule has 1 aliphatic rings. The first-order valence-electron chi connectivity index (χ1n) is 7.51. The Morgan fingerprint density at radius 1 is 1.27 bits per heavy atom. The van der Waals surface area contributed by atoms with Crippen molar-refractivity contribution in [2.24, 2.45) is 0 Å². The maximum atomic E-state index is 12.8. The first kappa shape index (κ1) is 16.8. The number of halogens is 1. The van der Waals surface area contributed by atoms with Gasteiger partial charge >= 0.3 is 0 Å². The number of fused-ring (bicyclic) bond motifs is 1. The lowest BCUT2D eigenvalue weighted by molar-refractivity contribution is 0.0624. The van der Waals surface area contributed by atoms with Crippen LogP contribution in [0.2, 0.25) is 0 Å². The SMILES string of the molecule is Cc1ccc(C)c2c(C)c(C(=O)N3CCNC[C@@H]3C)oc12.Cl. The predicted molar refractivity (Wildman–Crippen MR) is 91.0 cm³/mol. The number of hydrogen-bond acceptors (Lipinski definition) is 3.